The van der Waals surface area contributed by atoms with E-state index in [0.717, 1.165) is 12.2 Å². The van der Waals surface area contributed by atoms with Gasteiger partial charge in [-0.1, -0.05) is 0 Å². The second-order valence-corrected chi connectivity index (χ2v) is 5.84. The van der Waals surface area contributed by atoms with Crippen molar-refractivity contribution >= 4 is 11.9 Å². The number of rotatable bonds is 5. The summed E-state index contributed by atoms with van der Waals surface area (Å²) in [5.41, 5.74) is 0.670. The third-order valence-corrected chi connectivity index (χ3v) is 4.04. The number of aliphatic carboxylic acids is 1. The van der Waals surface area contributed by atoms with E-state index >= 15 is 0 Å². The van der Waals surface area contributed by atoms with Gasteiger partial charge in [0.1, 0.15) is 17.5 Å². The minimum Gasteiger partial charge on any atom is -0.480 e. The number of H-pyrrole nitrogens is 1. The van der Waals surface area contributed by atoms with Gasteiger partial charge >= 0.3 is 5.97 Å². The molecule has 24 heavy (non-hydrogen) atoms. The Morgan fingerprint density at radius 3 is 2.92 bits per heavy atom. The van der Waals surface area contributed by atoms with Gasteiger partial charge in [-0.25, -0.2) is 4.79 Å². The molecular weight excluding hydrogens is 314 g/mol. The van der Waals surface area contributed by atoms with Crippen LogP contribution >= 0.6 is 0 Å². The summed E-state index contributed by atoms with van der Waals surface area (Å²) in [6.07, 6.45) is 1.49. The van der Waals surface area contributed by atoms with Gasteiger partial charge in [0.2, 0.25) is 0 Å². The zero-order valence-electron chi connectivity index (χ0n) is 13.2. The molecule has 1 amide bonds. The molecule has 8 heteroatoms. The molecule has 2 unspecified atom stereocenters. The Kier molecular flexibility index (Phi) is 4.66. The first-order chi connectivity index (χ1) is 11.5. The van der Waals surface area contributed by atoms with E-state index in [0.29, 0.717) is 31.1 Å². The summed E-state index contributed by atoms with van der Waals surface area (Å²) in [7, 11) is 0. The van der Waals surface area contributed by atoms with Gasteiger partial charge in [0.15, 0.2) is 11.5 Å². The molecule has 1 aliphatic heterocycles. The molecule has 0 aromatic carbocycles. The van der Waals surface area contributed by atoms with Crippen LogP contribution in [0, 0.1) is 12.8 Å². The Labute approximate surface area is 138 Å². The van der Waals surface area contributed by atoms with E-state index in [9.17, 15) is 14.7 Å². The van der Waals surface area contributed by atoms with Crippen LogP contribution in [0.1, 0.15) is 29.1 Å². The van der Waals surface area contributed by atoms with Crippen molar-refractivity contribution in [3.63, 3.8) is 0 Å². The van der Waals surface area contributed by atoms with Crippen molar-refractivity contribution in [2.24, 2.45) is 5.92 Å². The number of carbonyl (C=O) groups excluding carboxylic acids is 1. The molecular formula is C16H19N3O5. The van der Waals surface area contributed by atoms with Crippen LogP contribution in [0.4, 0.5) is 0 Å². The summed E-state index contributed by atoms with van der Waals surface area (Å²) in [5.74, 6) is -0.551. The van der Waals surface area contributed by atoms with Crippen molar-refractivity contribution in [1.29, 1.82) is 0 Å². The normalized spacial score (nSPS) is 19.0. The average molecular weight is 333 g/mol. The summed E-state index contributed by atoms with van der Waals surface area (Å²) in [4.78, 5) is 23.8. The number of furan rings is 1. The van der Waals surface area contributed by atoms with E-state index in [-0.39, 0.29) is 11.6 Å². The van der Waals surface area contributed by atoms with Gasteiger partial charge in [-0.05, 0) is 31.9 Å². The number of carboxylic acid groups (broad SMARTS) is 1. The first-order valence-corrected chi connectivity index (χ1v) is 7.78. The second-order valence-electron chi connectivity index (χ2n) is 5.84. The van der Waals surface area contributed by atoms with Crippen molar-refractivity contribution < 1.29 is 23.8 Å². The number of nitrogens with zero attached hydrogens (tertiary/aromatic N) is 1. The maximum Gasteiger partial charge on any atom is 0.326 e. The van der Waals surface area contributed by atoms with Crippen LogP contribution in [0.3, 0.4) is 0 Å². The molecule has 0 saturated carbocycles. The smallest absolute Gasteiger partial charge is 0.326 e. The van der Waals surface area contributed by atoms with Gasteiger partial charge in [0, 0.05) is 18.6 Å². The Balaban J connectivity index is 1.71. The van der Waals surface area contributed by atoms with Gasteiger partial charge in [-0.3, -0.25) is 9.89 Å². The number of nitrogens with one attached hydrogen (secondary N) is 2. The summed E-state index contributed by atoms with van der Waals surface area (Å²) >= 11 is 0. The molecule has 1 saturated heterocycles. The molecule has 0 aliphatic carbocycles. The standard InChI is InChI=1S/C16H19N3O5/c1-9-4-5-13(24-9)11-7-12(19-18-11)15(20)17-14(16(21)22)10-3-2-6-23-8-10/h4-5,7,10,14H,2-3,6,8H2,1H3,(H,17,20)(H,18,19)(H,21,22). The first kappa shape index (κ1) is 16.3. The van der Waals surface area contributed by atoms with E-state index in [1.165, 1.54) is 6.07 Å². The molecule has 2 aromatic rings. The van der Waals surface area contributed by atoms with Crippen LogP contribution in [-0.2, 0) is 9.53 Å². The molecule has 0 spiro atoms. The Morgan fingerprint density at radius 2 is 2.29 bits per heavy atom. The lowest BCUT2D eigenvalue weighted by atomic mass is 9.93. The van der Waals surface area contributed by atoms with E-state index in [1.54, 1.807) is 12.1 Å². The summed E-state index contributed by atoms with van der Waals surface area (Å²) in [6, 6.07) is 4.11. The molecule has 3 rings (SSSR count). The Bertz CT molecular complexity index is 730. The molecule has 0 radical (unpaired) electrons. The van der Waals surface area contributed by atoms with E-state index in [1.807, 2.05) is 6.92 Å². The largest absolute Gasteiger partial charge is 0.480 e. The van der Waals surface area contributed by atoms with Crippen LogP contribution in [0.2, 0.25) is 0 Å². The van der Waals surface area contributed by atoms with Gasteiger partial charge in [-0.2, -0.15) is 5.10 Å². The number of aryl methyl sites for hydroxylation is 1. The fourth-order valence-electron chi connectivity index (χ4n) is 2.77. The number of amides is 1. The topological polar surface area (TPSA) is 117 Å². The van der Waals surface area contributed by atoms with Crippen LogP contribution in [0.5, 0.6) is 0 Å². The fraction of sp³-hybridized carbons (Fsp3) is 0.438. The van der Waals surface area contributed by atoms with Crippen molar-refractivity contribution in [2.45, 2.75) is 25.8 Å². The van der Waals surface area contributed by atoms with Crippen molar-refractivity contribution in [2.75, 3.05) is 13.2 Å². The number of ether oxygens (including phenoxy) is 1. The van der Waals surface area contributed by atoms with Crippen LogP contribution < -0.4 is 5.32 Å². The number of aromatic nitrogens is 2. The van der Waals surface area contributed by atoms with Crippen molar-refractivity contribution in [1.82, 2.24) is 15.5 Å². The van der Waals surface area contributed by atoms with Crippen molar-refractivity contribution in [3.05, 3.63) is 29.7 Å². The minimum absolute atomic E-state index is 0.113. The molecule has 128 valence electrons. The summed E-state index contributed by atoms with van der Waals surface area (Å²) < 4.78 is 10.8. The SMILES string of the molecule is Cc1ccc(-c2cc(C(=O)NC(C(=O)O)C3CCCOC3)n[nH]2)o1. The summed E-state index contributed by atoms with van der Waals surface area (Å²) in [5, 5.41) is 18.6. The highest BCUT2D eigenvalue weighted by molar-refractivity contribution is 5.95. The third kappa shape index (κ3) is 3.48. The lowest BCUT2D eigenvalue weighted by Gasteiger charge is -2.27. The second kappa shape index (κ2) is 6.88. The average Bonchev–Trinajstić information content (AvgIpc) is 3.21. The zero-order valence-corrected chi connectivity index (χ0v) is 13.2. The molecule has 3 N–H and O–H groups in total. The molecule has 1 fully saturated rings. The molecule has 2 atom stereocenters. The van der Waals surface area contributed by atoms with E-state index < -0.39 is 17.9 Å². The van der Waals surface area contributed by atoms with Gasteiger partial charge in [-0.15, -0.1) is 0 Å². The zero-order chi connectivity index (χ0) is 17.1. The predicted molar refractivity (Wildman–Crippen MR) is 83.5 cm³/mol. The van der Waals surface area contributed by atoms with Gasteiger partial charge < -0.3 is 19.6 Å². The third-order valence-electron chi connectivity index (χ3n) is 4.04. The summed E-state index contributed by atoms with van der Waals surface area (Å²) in [6.45, 7) is 2.77. The van der Waals surface area contributed by atoms with Gasteiger partial charge in [0.25, 0.3) is 5.91 Å². The number of carboxylic acids is 1. The molecule has 2 aromatic heterocycles. The number of aromatic amines is 1. The van der Waals surface area contributed by atoms with Gasteiger partial charge in [0.05, 0.1) is 6.61 Å². The highest BCUT2D eigenvalue weighted by Gasteiger charge is 2.32. The molecule has 3 heterocycles. The lowest BCUT2D eigenvalue weighted by molar-refractivity contribution is -0.142. The highest BCUT2D eigenvalue weighted by atomic mass is 16.5. The number of hydrogen-bond acceptors (Lipinski definition) is 5. The molecule has 1 aliphatic rings. The predicted octanol–water partition coefficient (Wildman–Crippen LogP) is 1.59. The van der Waals surface area contributed by atoms with Crippen LogP contribution in [0.25, 0.3) is 11.5 Å². The van der Waals surface area contributed by atoms with Crippen LogP contribution in [-0.4, -0.2) is 46.4 Å². The molecule has 0 bridgehead atoms. The first-order valence-electron chi connectivity index (χ1n) is 7.78. The maximum atomic E-state index is 12.3. The van der Waals surface area contributed by atoms with Crippen molar-refractivity contribution in [3.8, 4) is 11.5 Å². The Hall–Kier alpha value is -2.61. The van der Waals surface area contributed by atoms with E-state index in [4.69, 9.17) is 9.15 Å². The Morgan fingerprint density at radius 1 is 1.46 bits per heavy atom. The number of hydrogen-bond donors (Lipinski definition) is 3. The highest BCUT2D eigenvalue weighted by Crippen LogP contribution is 2.21. The maximum absolute atomic E-state index is 12.3. The van der Waals surface area contributed by atoms with Crippen LogP contribution in [0.15, 0.2) is 22.6 Å². The van der Waals surface area contributed by atoms with E-state index in [2.05, 4.69) is 15.5 Å². The minimum atomic E-state index is -1.07. The monoisotopic (exact) mass is 333 g/mol. The quantitative estimate of drug-likeness (QED) is 0.765. The fourth-order valence-corrected chi connectivity index (χ4v) is 2.77. The molecule has 8 nitrogen and oxygen atoms in total. The lowest BCUT2D eigenvalue weighted by Crippen LogP contribution is -2.48. The number of carbonyl (C=O) groups is 2.